The van der Waals surface area contributed by atoms with Gasteiger partial charge in [-0.05, 0) is 30.2 Å². The van der Waals surface area contributed by atoms with E-state index in [1.807, 2.05) is 0 Å². The second-order valence-electron chi connectivity index (χ2n) is 3.97. The summed E-state index contributed by atoms with van der Waals surface area (Å²) >= 11 is 1.77. The van der Waals surface area contributed by atoms with E-state index in [-0.39, 0.29) is 11.9 Å². The van der Waals surface area contributed by atoms with Crippen LogP contribution < -0.4 is 5.73 Å². The number of hydrogen-bond donors (Lipinski definition) is 1. The van der Waals surface area contributed by atoms with Crippen molar-refractivity contribution in [3.63, 3.8) is 0 Å². The highest BCUT2D eigenvalue weighted by Crippen LogP contribution is 2.22. The van der Waals surface area contributed by atoms with E-state index in [9.17, 15) is 4.39 Å². The number of nitrogens with two attached hydrogens (primary N) is 1. The van der Waals surface area contributed by atoms with Crippen LogP contribution in [0.5, 0.6) is 0 Å². The maximum Gasteiger partial charge on any atom is 0.141 e. The van der Waals surface area contributed by atoms with Crippen molar-refractivity contribution in [1.29, 1.82) is 0 Å². The number of halogens is 1. The minimum absolute atomic E-state index is 0.193. The van der Waals surface area contributed by atoms with E-state index < -0.39 is 0 Å². The predicted molar refractivity (Wildman–Crippen MR) is 68.5 cm³/mol. The number of pyridine rings is 1. The standard InChI is InChI=1S/C13H15FN2S/c1-2-11-3-4-12(17-11)6-13(15)9-5-10(14)8-16-7-9/h3-5,7-8,13H,2,6,15H2,1H3. The lowest BCUT2D eigenvalue weighted by Gasteiger charge is -2.10. The molecular formula is C13H15FN2S. The molecule has 0 saturated heterocycles. The van der Waals surface area contributed by atoms with E-state index in [4.69, 9.17) is 5.73 Å². The van der Waals surface area contributed by atoms with Crippen LogP contribution in [0, 0.1) is 5.82 Å². The number of hydrogen-bond acceptors (Lipinski definition) is 3. The summed E-state index contributed by atoms with van der Waals surface area (Å²) < 4.78 is 13.0. The fourth-order valence-electron chi connectivity index (χ4n) is 1.69. The van der Waals surface area contributed by atoms with Crippen molar-refractivity contribution in [3.05, 3.63) is 51.7 Å². The Morgan fingerprint density at radius 3 is 2.76 bits per heavy atom. The van der Waals surface area contributed by atoms with E-state index in [1.165, 1.54) is 22.0 Å². The van der Waals surface area contributed by atoms with E-state index in [0.717, 1.165) is 18.4 Å². The van der Waals surface area contributed by atoms with Gasteiger partial charge < -0.3 is 5.73 Å². The first-order chi connectivity index (χ1) is 8.19. The number of rotatable bonds is 4. The number of nitrogens with zero attached hydrogens (tertiary/aromatic N) is 1. The van der Waals surface area contributed by atoms with E-state index in [1.54, 1.807) is 17.5 Å². The average Bonchev–Trinajstić information content (AvgIpc) is 2.77. The van der Waals surface area contributed by atoms with Crippen molar-refractivity contribution >= 4 is 11.3 Å². The van der Waals surface area contributed by atoms with Crippen molar-refractivity contribution in [3.8, 4) is 0 Å². The van der Waals surface area contributed by atoms with Crippen LogP contribution in [0.1, 0.15) is 28.3 Å². The molecule has 2 nitrogen and oxygen atoms in total. The van der Waals surface area contributed by atoms with Crippen molar-refractivity contribution in [2.45, 2.75) is 25.8 Å². The summed E-state index contributed by atoms with van der Waals surface area (Å²) in [4.78, 5) is 6.40. The molecule has 0 aliphatic heterocycles. The van der Waals surface area contributed by atoms with Crippen LogP contribution in [0.25, 0.3) is 0 Å². The topological polar surface area (TPSA) is 38.9 Å². The maximum absolute atomic E-state index is 13.0. The quantitative estimate of drug-likeness (QED) is 0.905. The lowest BCUT2D eigenvalue weighted by Crippen LogP contribution is -2.13. The van der Waals surface area contributed by atoms with Gasteiger partial charge in [-0.25, -0.2) is 4.39 Å². The molecule has 0 aliphatic rings. The lowest BCUT2D eigenvalue weighted by molar-refractivity contribution is 0.611. The van der Waals surface area contributed by atoms with E-state index >= 15 is 0 Å². The normalized spacial score (nSPS) is 12.6. The minimum atomic E-state index is -0.335. The van der Waals surface area contributed by atoms with Crippen LogP contribution in [-0.4, -0.2) is 4.98 Å². The molecule has 4 heteroatoms. The summed E-state index contributed by atoms with van der Waals surface area (Å²) in [6, 6.07) is 5.47. The van der Waals surface area contributed by atoms with E-state index in [2.05, 4.69) is 24.0 Å². The second kappa shape index (κ2) is 5.38. The van der Waals surface area contributed by atoms with Crippen molar-refractivity contribution in [2.75, 3.05) is 0 Å². The van der Waals surface area contributed by atoms with Crippen molar-refractivity contribution in [1.82, 2.24) is 4.98 Å². The first kappa shape index (κ1) is 12.2. The minimum Gasteiger partial charge on any atom is -0.324 e. The first-order valence-corrected chi connectivity index (χ1v) is 6.44. The molecule has 0 spiro atoms. The van der Waals surface area contributed by atoms with Crippen LogP contribution >= 0.6 is 11.3 Å². The third-order valence-corrected chi connectivity index (χ3v) is 3.89. The van der Waals surface area contributed by atoms with Gasteiger partial charge in [-0.3, -0.25) is 4.98 Å². The van der Waals surface area contributed by atoms with Crippen LogP contribution in [0.3, 0.4) is 0 Å². The van der Waals surface area contributed by atoms with Gasteiger partial charge in [-0.2, -0.15) is 0 Å². The molecule has 1 atom stereocenters. The molecule has 2 aromatic rings. The number of thiophene rings is 1. The van der Waals surface area contributed by atoms with E-state index in [0.29, 0.717) is 0 Å². The van der Waals surface area contributed by atoms with Gasteiger partial charge in [0.1, 0.15) is 5.82 Å². The highest BCUT2D eigenvalue weighted by Gasteiger charge is 2.10. The molecule has 90 valence electrons. The average molecular weight is 250 g/mol. The summed E-state index contributed by atoms with van der Waals surface area (Å²) in [7, 11) is 0. The van der Waals surface area contributed by atoms with Gasteiger partial charge >= 0.3 is 0 Å². The van der Waals surface area contributed by atoms with Gasteiger partial charge in [0.2, 0.25) is 0 Å². The van der Waals surface area contributed by atoms with Crippen molar-refractivity contribution in [2.24, 2.45) is 5.73 Å². The fraction of sp³-hybridized carbons (Fsp3) is 0.308. The molecule has 0 saturated carbocycles. The highest BCUT2D eigenvalue weighted by molar-refractivity contribution is 7.11. The van der Waals surface area contributed by atoms with Gasteiger partial charge in [-0.15, -0.1) is 11.3 Å². The van der Waals surface area contributed by atoms with Crippen LogP contribution in [0.2, 0.25) is 0 Å². The smallest absolute Gasteiger partial charge is 0.141 e. The van der Waals surface area contributed by atoms with Gasteiger partial charge in [0.25, 0.3) is 0 Å². The number of aryl methyl sites for hydroxylation is 1. The number of aromatic nitrogens is 1. The lowest BCUT2D eigenvalue weighted by atomic mass is 10.1. The molecule has 2 N–H and O–H groups in total. The molecule has 0 bridgehead atoms. The molecule has 0 aromatic carbocycles. The van der Waals surface area contributed by atoms with Gasteiger partial charge in [-0.1, -0.05) is 6.92 Å². The van der Waals surface area contributed by atoms with Crippen LogP contribution in [0.4, 0.5) is 4.39 Å². The molecule has 2 heterocycles. The predicted octanol–water partition coefficient (Wildman–Crippen LogP) is 3.09. The maximum atomic E-state index is 13.0. The molecule has 2 aromatic heterocycles. The Bertz CT molecular complexity index is 496. The van der Waals surface area contributed by atoms with Crippen LogP contribution in [0.15, 0.2) is 30.6 Å². The molecule has 17 heavy (non-hydrogen) atoms. The molecule has 0 fully saturated rings. The molecule has 1 unspecified atom stereocenters. The largest absolute Gasteiger partial charge is 0.324 e. The summed E-state index contributed by atoms with van der Waals surface area (Å²) in [5.41, 5.74) is 6.79. The zero-order valence-electron chi connectivity index (χ0n) is 9.69. The Morgan fingerprint density at radius 2 is 2.12 bits per heavy atom. The third kappa shape index (κ3) is 3.11. The molecule has 2 rings (SSSR count). The Kier molecular flexibility index (Phi) is 3.86. The summed E-state index contributed by atoms with van der Waals surface area (Å²) in [6.07, 6.45) is 4.59. The molecule has 0 radical (unpaired) electrons. The Balaban J connectivity index is 2.08. The Morgan fingerprint density at radius 1 is 1.35 bits per heavy atom. The summed E-state index contributed by atoms with van der Waals surface area (Å²) in [5, 5.41) is 0. The first-order valence-electron chi connectivity index (χ1n) is 5.62. The summed E-state index contributed by atoms with van der Waals surface area (Å²) in [5.74, 6) is -0.335. The molecular weight excluding hydrogens is 235 g/mol. The second-order valence-corrected chi connectivity index (χ2v) is 5.22. The van der Waals surface area contributed by atoms with Crippen LogP contribution in [-0.2, 0) is 12.8 Å². The zero-order valence-corrected chi connectivity index (χ0v) is 10.5. The SMILES string of the molecule is CCc1ccc(CC(N)c2cncc(F)c2)s1. The Hall–Kier alpha value is -1.26. The summed E-state index contributed by atoms with van der Waals surface area (Å²) in [6.45, 7) is 2.13. The highest BCUT2D eigenvalue weighted by atomic mass is 32.1. The Labute approximate surface area is 104 Å². The zero-order chi connectivity index (χ0) is 12.3. The van der Waals surface area contributed by atoms with Gasteiger partial charge in [0.15, 0.2) is 0 Å². The van der Waals surface area contributed by atoms with Gasteiger partial charge in [0, 0.05) is 28.4 Å². The van der Waals surface area contributed by atoms with Gasteiger partial charge in [0.05, 0.1) is 6.20 Å². The fourth-order valence-corrected chi connectivity index (χ4v) is 2.70. The van der Waals surface area contributed by atoms with Crippen molar-refractivity contribution < 1.29 is 4.39 Å². The molecule has 0 aliphatic carbocycles. The molecule has 0 amide bonds. The monoisotopic (exact) mass is 250 g/mol. The third-order valence-electron chi connectivity index (χ3n) is 2.64.